The molecule has 2 aromatic heterocycles. The van der Waals surface area contributed by atoms with Gasteiger partial charge in [0.25, 0.3) is 0 Å². The van der Waals surface area contributed by atoms with Gasteiger partial charge in [-0.15, -0.1) is 0 Å². The molecule has 5 nitrogen and oxygen atoms in total. The Morgan fingerprint density at radius 2 is 2.16 bits per heavy atom. The van der Waals surface area contributed by atoms with Crippen molar-refractivity contribution >= 4 is 5.82 Å². The Bertz CT molecular complexity index is 499. The molecule has 0 aliphatic carbocycles. The standard InChI is InChI=1S/C14H23N5/c1-4-9-18-10-7-14(17-18)15-11-13-6-8-16-19(13)12(3)5-2/h6-8,10,12H,4-5,9,11H2,1-3H3,(H,15,17). The summed E-state index contributed by atoms with van der Waals surface area (Å²) in [4.78, 5) is 0. The van der Waals surface area contributed by atoms with Crippen LogP contribution in [0, 0.1) is 0 Å². The highest BCUT2D eigenvalue weighted by Gasteiger charge is 2.08. The lowest BCUT2D eigenvalue weighted by molar-refractivity contribution is 0.462. The predicted molar refractivity (Wildman–Crippen MR) is 77.1 cm³/mol. The maximum Gasteiger partial charge on any atom is 0.148 e. The molecule has 1 atom stereocenters. The van der Waals surface area contributed by atoms with E-state index in [1.165, 1.54) is 5.69 Å². The molecular formula is C14H23N5. The summed E-state index contributed by atoms with van der Waals surface area (Å²) in [7, 11) is 0. The highest BCUT2D eigenvalue weighted by Crippen LogP contribution is 2.13. The average Bonchev–Trinajstić information content (AvgIpc) is 3.04. The Balaban J connectivity index is 1.96. The zero-order valence-electron chi connectivity index (χ0n) is 12.0. The van der Waals surface area contributed by atoms with E-state index in [-0.39, 0.29) is 0 Å². The summed E-state index contributed by atoms with van der Waals surface area (Å²) in [6.45, 7) is 8.24. The summed E-state index contributed by atoms with van der Waals surface area (Å²) in [5.41, 5.74) is 1.19. The zero-order chi connectivity index (χ0) is 13.7. The van der Waals surface area contributed by atoms with Crippen LogP contribution in [0.5, 0.6) is 0 Å². The van der Waals surface area contributed by atoms with Crippen molar-refractivity contribution in [3.8, 4) is 0 Å². The molecule has 0 aliphatic rings. The van der Waals surface area contributed by atoms with E-state index in [0.29, 0.717) is 6.04 Å². The number of anilines is 1. The molecule has 0 fully saturated rings. The summed E-state index contributed by atoms with van der Waals surface area (Å²) in [6, 6.07) is 4.51. The molecule has 0 aliphatic heterocycles. The van der Waals surface area contributed by atoms with Gasteiger partial charge in [-0.3, -0.25) is 9.36 Å². The van der Waals surface area contributed by atoms with Crippen molar-refractivity contribution in [1.82, 2.24) is 19.6 Å². The molecule has 2 heterocycles. The lowest BCUT2D eigenvalue weighted by Crippen LogP contribution is -2.13. The van der Waals surface area contributed by atoms with Crippen LogP contribution in [-0.4, -0.2) is 19.6 Å². The molecule has 0 spiro atoms. The molecule has 2 aromatic rings. The first-order valence-corrected chi connectivity index (χ1v) is 7.04. The van der Waals surface area contributed by atoms with Gasteiger partial charge in [-0.2, -0.15) is 10.2 Å². The maximum atomic E-state index is 4.47. The second-order valence-electron chi connectivity index (χ2n) is 4.84. The van der Waals surface area contributed by atoms with E-state index in [1.54, 1.807) is 0 Å². The SMILES string of the molecule is CCCn1ccc(NCc2ccnn2C(C)CC)n1. The monoisotopic (exact) mass is 261 g/mol. The van der Waals surface area contributed by atoms with Crippen LogP contribution >= 0.6 is 0 Å². The first kappa shape index (κ1) is 13.6. The van der Waals surface area contributed by atoms with Gasteiger partial charge in [0.05, 0.1) is 12.2 Å². The molecule has 0 aromatic carbocycles. The minimum atomic E-state index is 0.435. The van der Waals surface area contributed by atoms with E-state index >= 15 is 0 Å². The van der Waals surface area contributed by atoms with Gasteiger partial charge >= 0.3 is 0 Å². The average molecular weight is 261 g/mol. The van der Waals surface area contributed by atoms with Crippen molar-refractivity contribution in [2.75, 3.05) is 5.32 Å². The lowest BCUT2D eigenvalue weighted by Gasteiger charge is -2.13. The van der Waals surface area contributed by atoms with Gasteiger partial charge < -0.3 is 5.32 Å². The second kappa shape index (κ2) is 6.41. The Morgan fingerprint density at radius 1 is 1.32 bits per heavy atom. The van der Waals surface area contributed by atoms with Crippen molar-refractivity contribution in [2.45, 2.75) is 52.7 Å². The number of rotatable bonds is 7. The smallest absolute Gasteiger partial charge is 0.148 e. The van der Waals surface area contributed by atoms with E-state index in [4.69, 9.17) is 0 Å². The highest BCUT2D eigenvalue weighted by atomic mass is 15.3. The molecule has 0 saturated heterocycles. The largest absolute Gasteiger partial charge is 0.363 e. The van der Waals surface area contributed by atoms with Gasteiger partial charge in [0.1, 0.15) is 5.82 Å². The molecule has 2 rings (SSSR count). The van der Waals surface area contributed by atoms with Crippen molar-refractivity contribution in [3.63, 3.8) is 0 Å². The molecule has 1 N–H and O–H groups in total. The van der Waals surface area contributed by atoms with E-state index in [0.717, 1.165) is 31.7 Å². The maximum absolute atomic E-state index is 4.47. The quantitative estimate of drug-likeness (QED) is 0.833. The molecule has 1 unspecified atom stereocenters. The van der Waals surface area contributed by atoms with Crippen LogP contribution in [0.25, 0.3) is 0 Å². The van der Waals surface area contributed by atoms with Crippen LogP contribution in [0.15, 0.2) is 24.5 Å². The van der Waals surface area contributed by atoms with Gasteiger partial charge in [0.2, 0.25) is 0 Å². The van der Waals surface area contributed by atoms with Gasteiger partial charge in [0.15, 0.2) is 0 Å². The first-order chi connectivity index (χ1) is 9.24. The van der Waals surface area contributed by atoms with Gasteiger partial charge in [-0.1, -0.05) is 13.8 Å². The summed E-state index contributed by atoms with van der Waals surface area (Å²) < 4.78 is 4.05. The van der Waals surface area contributed by atoms with Crippen LogP contribution in [0.1, 0.15) is 45.3 Å². The lowest BCUT2D eigenvalue weighted by atomic mass is 10.2. The first-order valence-electron chi connectivity index (χ1n) is 7.04. The molecular weight excluding hydrogens is 238 g/mol. The van der Waals surface area contributed by atoms with Crippen LogP contribution in [0.4, 0.5) is 5.82 Å². The normalized spacial score (nSPS) is 12.6. The van der Waals surface area contributed by atoms with E-state index in [9.17, 15) is 0 Å². The molecule has 19 heavy (non-hydrogen) atoms. The molecule has 0 radical (unpaired) electrons. The third-order valence-corrected chi connectivity index (χ3v) is 3.30. The van der Waals surface area contributed by atoms with Crippen LogP contribution in [0.2, 0.25) is 0 Å². The van der Waals surface area contributed by atoms with E-state index < -0.39 is 0 Å². The summed E-state index contributed by atoms with van der Waals surface area (Å²) in [5.74, 6) is 0.922. The molecule has 0 saturated carbocycles. The summed E-state index contributed by atoms with van der Waals surface area (Å²) >= 11 is 0. The predicted octanol–water partition coefficient (Wildman–Crippen LogP) is 3.07. The van der Waals surface area contributed by atoms with Crippen LogP contribution in [-0.2, 0) is 13.1 Å². The molecule has 104 valence electrons. The fourth-order valence-electron chi connectivity index (χ4n) is 2.04. The second-order valence-corrected chi connectivity index (χ2v) is 4.84. The zero-order valence-corrected chi connectivity index (χ0v) is 12.0. The van der Waals surface area contributed by atoms with E-state index in [2.05, 4.69) is 47.0 Å². The Morgan fingerprint density at radius 3 is 2.89 bits per heavy atom. The van der Waals surface area contributed by atoms with Crippen molar-refractivity contribution in [3.05, 3.63) is 30.2 Å². The van der Waals surface area contributed by atoms with Crippen LogP contribution < -0.4 is 5.32 Å². The Kier molecular flexibility index (Phi) is 4.60. The molecule has 0 bridgehead atoms. The third-order valence-electron chi connectivity index (χ3n) is 3.30. The van der Waals surface area contributed by atoms with Crippen molar-refractivity contribution in [2.24, 2.45) is 0 Å². The van der Waals surface area contributed by atoms with Gasteiger partial charge in [-0.25, -0.2) is 0 Å². The van der Waals surface area contributed by atoms with Crippen molar-refractivity contribution < 1.29 is 0 Å². The summed E-state index contributed by atoms with van der Waals surface area (Å²) in [5, 5.41) is 12.2. The van der Waals surface area contributed by atoms with Crippen molar-refractivity contribution in [1.29, 1.82) is 0 Å². The Labute approximate surface area is 114 Å². The number of nitrogens with zero attached hydrogens (tertiary/aromatic N) is 4. The molecule has 5 heteroatoms. The third kappa shape index (κ3) is 3.36. The number of hydrogen-bond acceptors (Lipinski definition) is 3. The molecule has 0 amide bonds. The van der Waals surface area contributed by atoms with Gasteiger partial charge in [-0.05, 0) is 25.8 Å². The highest BCUT2D eigenvalue weighted by molar-refractivity contribution is 5.32. The van der Waals surface area contributed by atoms with Gasteiger partial charge in [0, 0.05) is 31.0 Å². The Hall–Kier alpha value is -1.78. The fourth-order valence-corrected chi connectivity index (χ4v) is 2.04. The fraction of sp³-hybridized carbons (Fsp3) is 0.571. The summed E-state index contributed by atoms with van der Waals surface area (Å²) in [6.07, 6.45) is 6.05. The van der Waals surface area contributed by atoms with E-state index in [1.807, 2.05) is 23.1 Å². The number of nitrogens with one attached hydrogen (secondary N) is 1. The van der Waals surface area contributed by atoms with Crippen LogP contribution in [0.3, 0.4) is 0 Å². The number of aromatic nitrogens is 4. The topological polar surface area (TPSA) is 47.7 Å². The number of hydrogen-bond donors (Lipinski definition) is 1. The minimum Gasteiger partial charge on any atom is -0.363 e. The minimum absolute atomic E-state index is 0.435. The number of aryl methyl sites for hydroxylation is 1.